The Morgan fingerprint density at radius 3 is 2.52 bits per heavy atom. The maximum absolute atomic E-state index is 12.7. The number of carbonyl (C=O) groups excluding carboxylic acids is 2. The number of hydrogen-bond acceptors (Lipinski definition) is 5. The normalized spacial score (nSPS) is 15.8. The van der Waals surface area contributed by atoms with E-state index >= 15 is 0 Å². The predicted molar refractivity (Wildman–Crippen MR) is 118 cm³/mol. The summed E-state index contributed by atoms with van der Waals surface area (Å²) in [5.74, 6) is 0.496. The quantitative estimate of drug-likeness (QED) is 0.608. The van der Waals surface area contributed by atoms with Crippen molar-refractivity contribution in [2.24, 2.45) is 5.92 Å². The molecule has 1 aromatic heterocycles. The van der Waals surface area contributed by atoms with Gasteiger partial charge in [-0.05, 0) is 61.2 Å². The lowest BCUT2D eigenvalue weighted by Crippen LogP contribution is -2.37. The van der Waals surface area contributed by atoms with Gasteiger partial charge >= 0.3 is 0 Å². The van der Waals surface area contributed by atoms with Gasteiger partial charge in [0.2, 0.25) is 21.8 Å². The molecule has 31 heavy (non-hydrogen) atoms. The molecule has 1 fully saturated rings. The summed E-state index contributed by atoms with van der Waals surface area (Å²) in [6, 6.07) is 9.59. The Kier molecular flexibility index (Phi) is 7.64. The van der Waals surface area contributed by atoms with Gasteiger partial charge < -0.3 is 15.1 Å². The van der Waals surface area contributed by atoms with Crippen LogP contribution in [0.3, 0.4) is 0 Å². The van der Waals surface area contributed by atoms with Crippen LogP contribution in [0.2, 0.25) is 0 Å². The van der Waals surface area contributed by atoms with Crippen LogP contribution in [0.25, 0.3) is 6.08 Å². The van der Waals surface area contributed by atoms with Gasteiger partial charge in [-0.1, -0.05) is 6.92 Å². The Morgan fingerprint density at radius 1 is 1.16 bits per heavy atom. The molecule has 0 bridgehead atoms. The molecule has 3 rings (SSSR count). The number of rotatable bonds is 8. The molecule has 1 saturated heterocycles. The zero-order valence-corrected chi connectivity index (χ0v) is 18.2. The standard InChI is InChI=1S/C22H27N3O5S/c1-17-11-14-25(15-12-17)31(28,29)20-7-4-18(5-8-20)24-22(27)10-13-23-21(26)9-6-19-3-2-16-30-19/h2-9,16-17H,10-15H2,1H3,(H,23,26)(H,24,27)/b9-6+. The molecule has 0 atom stereocenters. The lowest BCUT2D eigenvalue weighted by Gasteiger charge is -2.29. The van der Waals surface area contributed by atoms with Crippen LogP contribution in [0.5, 0.6) is 0 Å². The lowest BCUT2D eigenvalue weighted by molar-refractivity contribution is -0.117. The fraction of sp³-hybridized carbons (Fsp3) is 0.364. The molecule has 8 nitrogen and oxygen atoms in total. The van der Waals surface area contributed by atoms with E-state index in [2.05, 4.69) is 17.6 Å². The molecule has 0 spiro atoms. The van der Waals surface area contributed by atoms with Crippen LogP contribution in [0.4, 0.5) is 5.69 Å². The van der Waals surface area contributed by atoms with Crippen LogP contribution in [0.15, 0.2) is 58.1 Å². The van der Waals surface area contributed by atoms with E-state index in [0.29, 0.717) is 30.5 Å². The van der Waals surface area contributed by atoms with Crippen LogP contribution >= 0.6 is 0 Å². The maximum atomic E-state index is 12.7. The summed E-state index contributed by atoms with van der Waals surface area (Å²) >= 11 is 0. The summed E-state index contributed by atoms with van der Waals surface area (Å²) in [6.07, 6.45) is 6.20. The van der Waals surface area contributed by atoms with Crippen molar-refractivity contribution in [3.05, 3.63) is 54.5 Å². The van der Waals surface area contributed by atoms with E-state index in [4.69, 9.17) is 4.42 Å². The van der Waals surface area contributed by atoms with Crippen molar-refractivity contribution < 1.29 is 22.4 Å². The summed E-state index contributed by atoms with van der Waals surface area (Å²) in [4.78, 5) is 24.0. The summed E-state index contributed by atoms with van der Waals surface area (Å²) in [7, 11) is -3.52. The van der Waals surface area contributed by atoms with Crippen LogP contribution in [0, 0.1) is 5.92 Å². The highest BCUT2D eigenvalue weighted by molar-refractivity contribution is 7.89. The van der Waals surface area contributed by atoms with E-state index < -0.39 is 10.0 Å². The molecular formula is C22H27N3O5S. The SMILES string of the molecule is CC1CCN(S(=O)(=O)c2ccc(NC(=O)CCNC(=O)/C=C/c3ccco3)cc2)CC1. The zero-order chi connectivity index (χ0) is 22.3. The van der Waals surface area contributed by atoms with E-state index in [1.54, 1.807) is 24.3 Å². The minimum absolute atomic E-state index is 0.0896. The number of anilines is 1. The van der Waals surface area contributed by atoms with Gasteiger partial charge in [-0.2, -0.15) is 4.31 Å². The Morgan fingerprint density at radius 2 is 1.87 bits per heavy atom. The molecule has 9 heteroatoms. The van der Waals surface area contributed by atoms with Crippen LogP contribution in [0.1, 0.15) is 31.9 Å². The Labute approximate surface area is 182 Å². The Hall–Kier alpha value is -2.91. The largest absolute Gasteiger partial charge is 0.465 e. The van der Waals surface area contributed by atoms with Gasteiger partial charge in [0.1, 0.15) is 5.76 Å². The summed E-state index contributed by atoms with van der Waals surface area (Å²) < 4.78 is 32.1. The Balaban J connectivity index is 1.45. The van der Waals surface area contributed by atoms with E-state index in [-0.39, 0.29) is 29.7 Å². The molecule has 2 aromatic rings. The first-order valence-corrected chi connectivity index (χ1v) is 11.7. The van der Waals surface area contributed by atoms with E-state index in [0.717, 1.165) is 12.8 Å². The van der Waals surface area contributed by atoms with Crippen LogP contribution < -0.4 is 10.6 Å². The Bertz CT molecular complexity index is 1010. The topological polar surface area (TPSA) is 109 Å². The first-order valence-electron chi connectivity index (χ1n) is 10.2. The van der Waals surface area contributed by atoms with Crippen molar-refractivity contribution in [3.63, 3.8) is 0 Å². The second kappa shape index (κ2) is 10.4. The van der Waals surface area contributed by atoms with Gasteiger partial charge in [0.25, 0.3) is 0 Å². The second-order valence-electron chi connectivity index (χ2n) is 7.55. The highest BCUT2D eigenvalue weighted by atomic mass is 32.2. The monoisotopic (exact) mass is 445 g/mol. The average molecular weight is 446 g/mol. The number of carbonyl (C=O) groups is 2. The van der Waals surface area contributed by atoms with Gasteiger partial charge in [-0.25, -0.2) is 8.42 Å². The second-order valence-corrected chi connectivity index (χ2v) is 9.49. The molecule has 2 heterocycles. The van der Waals surface area contributed by atoms with Crippen LogP contribution in [-0.2, 0) is 19.6 Å². The minimum Gasteiger partial charge on any atom is -0.465 e. The number of furan rings is 1. The number of nitrogens with zero attached hydrogens (tertiary/aromatic N) is 1. The number of piperidine rings is 1. The number of nitrogens with one attached hydrogen (secondary N) is 2. The van der Waals surface area contributed by atoms with Gasteiger partial charge in [0.05, 0.1) is 11.2 Å². The predicted octanol–water partition coefficient (Wildman–Crippen LogP) is 2.86. The minimum atomic E-state index is -3.52. The van der Waals surface area contributed by atoms with E-state index in [1.807, 2.05) is 0 Å². The molecule has 0 saturated carbocycles. The highest BCUT2D eigenvalue weighted by Crippen LogP contribution is 2.24. The van der Waals surface area contributed by atoms with Gasteiger partial charge in [-0.15, -0.1) is 0 Å². The van der Waals surface area contributed by atoms with Gasteiger partial charge in [-0.3, -0.25) is 9.59 Å². The number of amides is 2. The van der Waals surface area contributed by atoms with Gasteiger partial charge in [0.15, 0.2) is 0 Å². The zero-order valence-electron chi connectivity index (χ0n) is 17.4. The van der Waals surface area contributed by atoms with Gasteiger partial charge in [0, 0.05) is 37.8 Å². The van der Waals surface area contributed by atoms with Crippen molar-refractivity contribution >= 4 is 33.6 Å². The molecule has 1 aliphatic rings. The van der Waals surface area contributed by atoms with Crippen LogP contribution in [-0.4, -0.2) is 44.2 Å². The summed E-state index contributed by atoms with van der Waals surface area (Å²) in [5, 5.41) is 5.32. The lowest BCUT2D eigenvalue weighted by atomic mass is 10.0. The third-order valence-corrected chi connectivity index (χ3v) is 7.02. The first-order chi connectivity index (χ1) is 14.8. The number of sulfonamides is 1. The first kappa shape index (κ1) is 22.8. The molecule has 166 valence electrons. The molecule has 0 aliphatic carbocycles. The number of hydrogen-bond donors (Lipinski definition) is 2. The molecule has 2 N–H and O–H groups in total. The van der Waals surface area contributed by atoms with E-state index in [9.17, 15) is 18.0 Å². The number of benzene rings is 1. The van der Waals surface area contributed by atoms with Crippen molar-refractivity contribution in [1.29, 1.82) is 0 Å². The fourth-order valence-corrected chi connectivity index (χ4v) is 4.68. The van der Waals surface area contributed by atoms with Crippen molar-refractivity contribution in [2.75, 3.05) is 25.0 Å². The summed E-state index contributed by atoms with van der Waals surface area (Å²) in [5.41, 5.74) is 0.500. The third-order valence-electron chi connectivity index (χ3n) is 5.11. The molecule has 0 radical (unpaired) electrons. The van der Waals surface area contributed by atoms with Crippen molar-refractivity contribution in [2.45, 2.75) is 31.1 Å². The molecule has 2 amide bonds. The fourth-order valence-electron chi connectivity index (χ4n) is 3.21. The molecule has 0 unspecified atom stereocenters. The smallest absolute Gasteiger partial charge is 0.244 e. The third kappa shape index (κ3) is 6.53. The molecule has 1 aliphatic heterocycles. The summed E-state index contributed by atoms with van der Waals surface area (Å²) in [6.45, 7) is 3.37. The van der Waals surface area contributed by atoms with Crippen molar-refractivity contribution in [1.82, 2.24) is 9.62 Å². The highest BCUT2D eigenvalue weighted by Gasteiger charge is 2.27. The maximum Gasteiger partial charge on any atom is 0.244 e. The molecule has 1 aromatic carbocycles. The molecular weight excluding hydrogens is 418 g/mol. The van der Waals surface area contributed by atoms with Crippen molar-refractivity contribution in [3.8, 4) is 0 Å². The van der Waals surface area contributed by atoms with E-state index in [1.165, 1.54) is 34.9 Å². The average Bonchev–Trinajstić information content (AvgIpc) is 3.27.